The molecular formula is C10H17N6O13P3. The van der Waals surface area contributed by atoms with Crippen molar-refractivity contribution in [2.24, 2.45) is 0 Å². The average Bonchev–Trinajstić information content (AvgIpc) is 3.08. The Kier molecular flexibility index (Phi) is 6.78. The van der Waals surface area contributed by atoms with Crippen LogP contribution in [0.15, 0.2) is 6.33 Å². The van der Waals surface area contributed by atoms with Gasteiger partial charge in [-0.15, -0.1) is 0 Å². The fourth-order valence-electron chi connectivity index (χ4n) is 2.75. The van der Waals surface area contributed by atoms with Crippen molar-refractivity contribution >= 4 is 46.4 Å². The zero-order valence-corrected chi connectivity index (χ0v) is 18.1. The number of aliphatic hydroxyl groups is 2. The monoisotopic (exact) mass is 522 g/mol. The minimum absolute atomic E-state index is 0.0299. The molecule has 2 aromatic rings. The highest BCUT2D eigenvalue weighted by Crippen LogP contribution is 2.66. The second-order valence-electron chi connectivity index (χ2n) is 6.20. The molecule has 0 saturated carbocycles. The maximum absolute atomic E-state index is 11.8. The maximum atomic E-state index is 11.8. The van der Waals surface area contributed by atoms with E-state index < -0.39 is 54.6 Å². The van der Waals surface area contributed by atoms with Crippen molar-refractivity contribution in [3.63, 3.8) is 0 Å². The predicted molar refractivity (Wildman–Crippen MR) is 99.9 cm³/mol. The van der Waals surface area contributed by atoms with Crippen LogP contribution < -0.4 is 11.5 Å². The van der Waals surface area contributed by atoms with Gasteiger partial charge < -0.3 is 46.0 Å². The molecule has 0 aromatic carbocycles. The first-order chi connectivity index (χ1) is 14.6. The Morgan fingerprint density at radius 1 is 1.03 bits per heavy atom. The Morgan fingerprint density at radius 3 is 2.31 bits per heavy atom. The van der Waals surface area contributed by atoms with Crippen LogP contribution in [0.2, 0.25) is 0 Å². The van der Waals surface area contributed by atoms with Crippen LogP contribution >= 0.6 is 23.5 Å². The number of hydrogen-bond acceptors (Lipinski definition) is 14. The van der Waals surface area contributed by atoms with Crippen LogP contribution in [-0.2, 0) is 31.6 Å². The van der Waals surface area contributed by atoms with Crippen LogP contribution in [0, 0.1) is 0 Å². The molecule has 1 aliphatic rings. The number of aromatic nitrogens is 4. The SMILES string of the molecule is Nc1ncnc2c1nc(N)n2[C@@H]1O[C@H](COP(=O)(O)OP(=O)(O)OP(=O)(O)O)C(O)C1O. The minimum Gasteiger partial charge on any atom is -0.387 e. The van der Waals surface area contributed by atoms with Gasteiger partial charge in [-0.1, -0.05) is 0 Å². The third-order valence-corrected chi connectivity index (χ3v) is 7.74. The quantitative estimate of drug-likeness (QED) is 0.173. The van der Waals surface area contributed by atoms with Gasteiger partial charge in [-0.25, -0.2) is 28.6 Å². The number of fused-ring (bicyclic) bond motifs is 1. The summed E-state index contributed by atoms with van der Waals surface area (Å²) in [6.45, 7) is -0.998. The van der Waals surface area contributed by atoms with Gasteiger partial charge in [0.05, 0.1) is 6.61 Å². The lowest BCUT2D eigenvalue weighted by atomic mass is 10.1. The fraction of sp³-hybridized carbons (Fsp3) is 0.500. The molecule has 0 bridgehead atoms. The summed E-state index contributed by atoms with van der Waals surface area (Å²) in [5, 5.41) is 20.5. The topological polar surface area (TPSA) is 305 Å². The molecular weight excluding hydrogens is 505 g/mol. The number of phosphoric acid groups is 3. The molecule has 22 heteroatoms. The van der Waals surface area contributed by atoms with Crippen molar-refractivity contribution in [1.82, 2.24) is 19.5 Å². The van der Waals surface area contributed by atoms with Crippen molar-refractivity contribution in [2.45, 2.75) is 24.5 Å². The molecule has 2 aromatic heterocycles. The van der Waals surface area contributed by atoms with Crippen molar-refractivity contribution < 1.29 is 61.4 Å². The predicted octanol–water partition coefficient (Wildman–Crippen LogP) is -2.05. The molecule has 3 heterocycles. The lowest BCUT2D eigenvalue weighted by molar-refractivity contribution is -0.0493. The minimum atomic E-state index is -5.72. The Labute approximate surface area is 177 Å². The highest BCUT2D eigenvalue weighted by molar-refractivity contribution is 7.66. The first-order valence-electron chi connectivity index (χ1n) is 8.14. The molecule has 4 unspecified atom stereocenters. The lowest BCUT2D eigenvalue weighted by Gasteiger charge is -2.19. The van der Waals surface area contributed by atoms with Gasteiger partial charge >= 0.3 is 23.5 Å². The average molecular weight is 522 g/mol. The van der Waals surface area contributed by atoms with Gasteiger partial charge in [-0.05, 0) is 0 Å². The number of ether oxygens (including phenoxy) is 1. The summed E-state index contributed by atoms with van der Waals surface area (Å²) in [4.78, 5) is 47.2. The van der Waals surface area contributed by atoms with Gasteiger partial charge in [-0.3, -0.25) is 9.09 Å². The zero-order chi connectivity index (χ0) is 24.1. The number of nitrogens with zero attached hydrogens (tertiary/aromatic N) is 4. The van der Waals surface area contributed by atoms with Crippen LogP contribution in [0.4, 0.5) is 11.8 Å². The van der Waals surface area contributed by atoms with Crippen LogP contribution in [-0.4, -0.2) is 74.2 Å². The van der Waals surface area contributed by atoms with Crippen molar-refractivity contribution in [3.05, 3.63) is 6.33 Å². The third kappa shape index (κ3) is 5.49. The van der Waals surface area contributed by atoms with E-state index in [4.69, 9.17) is 30.9 Å². The van der Waals surface area contributed by atoms with Crippen LogP contribution in [0.5, 0.6) is 0 Å². The van der Waals surface area contributed by atoms with E-state index in [9.17, 15) is 28.8 Å². The van der Waals surface area contributed by atoms with E-state index in [0.29, 0.717) is 0 Å². The standard InChI is InChI=1S/C10H17N6O13P3/c11-7-4-8(14-2-13-7)16(10(12)15-4)9-6(18)5(17)3(27-9)1-26-31(22,23)29-32(24,25)28-30(19,20)21/h2-3,5-6,9,17-18H,1H2,(H2,12,15)(H,22,23)(H,24,25)(H2,11,13,14)(H2,19,20,21)/t3-,5?,6?,9-/m1/s1. The van der Waals surface area contributed by atoms with Gasteiger partial charge in [0, 0.05) is 0 Å². The Bertz CT molecular complexity index is 1150. The maximum Gasteiger partial charge on any atom is 0.490 e. The molecule has 3 rings (SSSR count). The van der Waals surface area contributed by atoms with E-state index in [1.807, 2.05) is 0 Å². The van der Waals surface area contributed by atoms with Crippen LogP contribution in [0.1, 0.15) is 6.23 Å². The second-order valence-corrected chi connectivity index (χ2v) is 10.6. The Hall–Kier alpha value is -1.56. The number of phosphoric ester groups is 1. The van der Waals surface area contributed by atoms with E-state index in [0.717, 1.165) is 10.9 Å². The zero-order valence-electron chi connectivity index (χ0n) is 15.4. The Morgan fingerprint density at radius 2 is 1.69 bits per heavy atom. The van der Waals surface area contributed by atoms with Crippen LogP contribution in [0.25, 0.3) is 11.2 Å². The summed E-state index contributed by atoms with van der Waals surface area (Å²) in [6.07, 6.45) is -5.27. The molecule has 19 nitrogen and oxygen atoms in total. The Balaban J connectivity index is 1.73. The van der Waals surface area contributed by atoms with E-state index in [1.165, 1.54) is 0 Å². The number of rotatable bonds is 8. The van der Waals surface area contributed by atoms with Crippen LogP contribution in [0.3, 0.4) is 0 Å². The first kappa shape index (κ1) is 25.1. The normalized spacial score (nSPS) is 27.9. The summed E-state index contributed by atoms with van der Waals surface area (Å²) in [7, 11) is -16.8. The van der Waals surface area contributed by atoms with Gasteiger partial charge in [-0.2, -0.15) is 8.62 Å². The molecule has 6 atom stereocenters. The number of imidazole rings is 1. The lowest BCUT2D eigenvalue weighted by Crippen LogP contribution is -2.33. The van der Waals surface area contributed by atoms with E-state index in [2.05, 4.69) is 28.1 Å². The third-order valence-electron chi connectivity index (χ3n) is 3.94. The van der Waals surface area contributed by atoms with E-state index >= 15 is 0 Å². The van der Waals surface area contributed by atoms with E-state index in [-0.39, 0.29) is 22.9 Å². The first-order valence-corrected chi connectivity index (χ1v) is 12.7. The number of hydrogen-bond donors (Lipinski definition) is 8. The summed E-state index contributed by atoms with van der Waals surface area (Å²) in [5.41, 5.74) is 11.6. The van der Waals surface area contributed by atoms with Gasteiger partial charge in [0.25, 0.3) is 0 Å². The molecule has 0 amide bonds. The fourth-order valence-corrected chi connectivity index (χ4v) is 5.77. The molecule has 1 fully saturated rings. The summed E-state index contributed by atoms with van der Waals surface area (Å²) < 4.78 is 51.8. The highest BCUT2D eigenvalue weighted by atomic mass is 31.3. The number of nitrogens with two attached hydrogens (primary N) is 2. The van der Waals surface area contributed by atoms with Gasteiger partial charge in [0.1, 0.15) is 24.6 Å². The number of nitrogen functional groups attached to an aromatic ring is 2. The van der Waals surface area contributed by atoms with Crippen molar-refractivity contribution in [3.8, 4) is 0 Å². The molecule has 0 spiro atoms. The molecule has 180 valence electrons. The molecule has 10 N–H and O–H groups in total. The number of anilines is 2. The summed E-state index contributed by atoms with van der Waals surface area (Å²) >= 11 is 0. The van der Waals surface area contributed by atoms with Gasteiger partial charge in [0.15, 0.2) is 23.2 Å². The molecule has 0 radical (unpaired) electrons. The second kappa shape index (κ2) is 8.66. The smallest absolute Gasteiger partial charge is 0.387 e. The molecule has 1 saturated heterocycles. The van der Waals surface area contributed by atoms with Crippen molar-refractivity contribution in [2.75, 3.05) is 18.1 Å². The molecule has 0 aliphatic carbocycles. The summed E-state index contributed by atoms with van der Waals surface area (Å²) in [5.74, 6) is -0.255. The van der Waals surface area contributed by atoms with E-state index in [1.54, 1.807) is 0 Å². The molecule has 1 aliphatic heterocycles. The summed E-state index contributed by atoms with van der Waals surface area (Å²) in [6, 6.07) is 0. The van der Waals surface area contributed by atoms with Crippen molar-refractivity contribution in [1.29, 1.82) is 0 Å². The number of aliphatic hydroxyl groups excluding tert-OH is 2. The van der Waals surface area contributed by atoms with Gasteiger partial charge in [0.2, 0.25) is 5.95 Å². The molecule has 32 heavy (non-hydrogen) atoms. The highest BCUT2D eigenvalue weighted by Gasteiger charge is 2.47. The largest absolute Gasteiger partial charge is 0.490 e.